The molecule has 0 spiro atoms. The van der Waals surface area contributed by atoms with Crippen molar-refractivity contribution < 1.29 is 9.53 Å². The second-order valence-electron chi connectivity index (χ2n) is 6.28. The molecule has 0 heterocycles. The minimum atomic E-state index is -0.149. The molecule has 23 heavy (non-hydrogen) atoms. The molecule has 1 fully saturated rings. The molecule has 5 heteroatoms. The second-order valence-corrected chi connectivity index (χ2v) is 6.28. The summed E-state index contributed by atoms with van der Waals surface area (Å²) in [6.07, 6.45) is 5.26. The molecular formula is C18H23ClN2O2. The van der Waals surface area contributed by atoms with E-state index in [9.17, 15) is 4.79 Å². The lowest BCUT2D eigenvalue weighted by molar-refractivity contribution is -0.120. The SMILES string of the molecule is C=C(C)COc1ccccc1NC(=O)[C@H]1[C@@H](N)[C@H]2C=C[C@@H]1C2.Cl. The quantitative estimate of drug-likeness (QED) is 0.813. The zero-order valence-corrected chi connectivity index (χ0v) is 14.0. The Hall–Kier alpha value is -1.78. The molecule has 1 amide bonds. The first-order valence-corrected chi connectivity index (χ1v) is 7.67. The summed E-state index contributed by atoms with van der Waals surface area (Å²) in [5.74, 6) is 1.10. The second kappa shape index (κ2) is 7.20. The third-order valence-corrected chi connectivity index (χ3v) is 4.44. The Morgan fingerprint density at radius 2 is 2.04 bits per heavy atom. The van der Waals surface area contributed by atoms with Crippen LogP contribution < -0.4 is 15.8 Å². The van der Waals surface area contributed by atoms with Gasteiger partial charge in [0, 0.05) is 6.04 Å². The van der Waals surface area contributed by atoms with Crippen LogP contribution >= 0.6 is 12.4 Å². The number of carbonyl (C=O) groups excluding carboxylic acids is 1. The van der Waals surface area contributed by atoms with Crippen LogP contribution in [0.4, 0.5) is 5.69 Å². The molecule has 2 bridgehead atoms. The van der Waals surface area contributed by atoms with Crippen LogP contribution in [0.1, 0.15) is 13.3 Å². The summed E-state index contributed by atoms with van der Waals surface area (Å²) in [6.45, 7) is 6.16. The van der Waals surface area contributed by atoms with E-state index >= 15 is 0 Å². The van der Waals surface area contributed by atoms with Gasteiger partial charge in [-0.15, -0.1) is 12.4 Å². The van der Waals surface area contributed by atoms with E-state index in [1.165, 1.54) is 0 Å². The molecule has 1 saturated carbocycles. The number of benzene rings is 1. The summed E-state index contributed by atoms with van der Waals surface area (Å²) >= 11 is 0. The van der Waals surface area contributed by atoms with Crippen molar-refractivity contribution in [3.05, 3.63) is 48.6 Å². The molecule has 2 aliphatic rings. The van der Waals surface area contributed by atoms with Crippen molar-refractivity contribution in [2.24, 2.45) is 23.5 Å². The molecule has 2 aliphatic carbocycles. The highest BCUT2D eigenvalue weighted by atomic mass is 35.5. The largest absolute Gasteiger partial charge is 0.487 e. The number of carbonyl (C=O) groups is 1. The van der Waals surface area contributed by atoms with E-state index < -0.39 is 0 Å². The Kier molecular flexibility index (Phi) is 5.50. The fraction of sp³-hybridized carbons (Fsp3) is 0.389. The van der Waals surface area contributed by atoms with Crippen LogP contribution in [0.2, 0.25) is 0 Å². The summed E-state index contributed by atoms with van der Waals surface area (Å²) in [5, 5.41) is 2.98. The summed E-state index contributed by atoms with van der Waals surface area (Å²) < 4.78 is 5.69. The third-order valence-electron chi connectivity index (χ3n) is 4.44. The number of hydrogen-bond acceptors (Lipinski definition) is 3. The standard InChI is InChI=1S/C18H22N2O2.ClH/c1-11(2)10-22-15-6-4-3-5-14(15)20-18(21)16-12-7-8-13(9-12)17(16)19;/h3-8,12-13,16-17H,1,9-10,19H2,2H3,(H,20,21);1H/t12-,13+,16-,17+;/m1./s1. The van der Waals surface area contributed by atoms with Crippen LogP contribution in [0.5, 0.6) is 5.75 Å². The van der Waals surface area contributed by atoms with E-state index in [-0.39, 0.29) is 36.2 Å². The average Bonchev–Trinajstić information content (AvgIpc) is 3.07. The fourth-order valence-corrected chi connectivity index (χ4v) is 3.34. The van der Waals surface area contributed by atoms with Crippen LogP contribution in [0, 0.1) is 17.8 Å². The monoisotopic (exact) mass is 334 g/mol. The lowest BCUT2D eigenvalue weighted by Gasteiger charge is -2.24. The number of amides is 1. The molecule has 0 radical (unpaired) electrons. The maximum Gasteiger partial charge on any atom is 0.229 e. The van der Waals surface area contributed by atoms with Gasteiger partial charge in [0.05, 0.1) is 11.6 Å². The normalized spacial score (nSPS) is 27.4. The number of anilines is 1. The number of para-hydroxylation sites is 2. The topological polar surface area (TPSA) is 64.3 Å². The fourth-order valence-electron chi connectivity index (χ4n) is 3.34. The van der Waals surface area contributed by atoms with Gasteiger partial charge in [0.15, 0.2) is 0 Å². The molecule has 4 nitrogen and oxygen atoms in total. The van der Waals surface area contributed by atoms with Crippen molar-refractivity contribution in [1.29, 1.82) is 0 Å². The van der Waals surface area contributed by atoms with Crippen molar-refractivity contribution in [1.82, 2.24) is 0 Å². The first-order valence-electron chi connectivity index (χ1n) is 7.67. The molecule has 124 valence electrons. The summed E-state index contributed by atoms with van der Waals surface area (Å²) in [6, 6.07) is 7.37. The first kappa shape index (κ1) is 17.6. The molecule has 0 saturated heterocycles. The van der Waals surface area contributed by atoms with Gasteiger partial charge in [0.25, 0.3) is 0 Å². The van der Waals surface area contributed by atoms with Gasteiger partial charge >= 0.3 is 0 Å². The number of nitrogens with two attached hydrogens (primary N) is 1. The Bertz CT molecular complexity index is 629. The van der Waals surface area contributed by atoms with Gasteiger partial charge in [-0.2, -0.15) is 0 Å². The Morgan fingerprint density at radius 1 is 1.35 bits per heavy atom. The molecule has 3 rings (SSSR count). The van der Waals surface area contributed by atoms with Crippen LogP contribution in [0.25, 0.3) is 0 Å². The third kappa shape index (κ3) is 3.59. The Balaban J connectivity index is 0.00000192. The van der Waals surface area contributed by atoms with E-state index in [4.69, 9.17) is 10.5 Å². The summed E-state index contributed by atoms with van der Waals surface area (Å²) in [5.41, 5.74) is 7.82. The molecule has 1 aromatic carbocycles. The zero-order chi connectivity index (χ0) is 15.7. The van der Waals surface area contributed by atoms with Crippen LogP contribution in [-0.4, -0.2) is 18.6 Å². The van der Waals surface area contributed by atoms with Gasteiger partial charge in [-0.05, 0) is 42.9 Å². The van der Waals surface area contributed by atoms with Crippen LogP contribution in [0.15, 0.2) is 48.6 Å². The molecule has 3 N–H and O–H groups in total. The van der Waals surface area contributed by atoms with E-state index in [0.717, 1.165) is 12.0 Å². The van der Waals surface area contributed by atoms with Crippen molar-refractivity contribution >= 4 is 24.0 Å². The highest BCUT2D eigenvalue weighted by Gasteiger charge is 2.46. The molecule has 4 atom stereocenters. The lowest BCUT2D eigenvalue weighted by Crippen LogP contribution is -2.41. The Morgan fingerprint density at radius 3 is 2.70 bits per heavy atom. The number of rotatable bonds is 5. The lowest BCUT2D eigenvalue weighted by atomic mass is 9.88. The summed E-state index contributed by atoms with van der Waals surface area (Å²) in [4.78, 5) is 12.6. The molecule has 0 aliphatic heterocycles. The maximum absolute atomic E-state index is 12.6. The minimum absolute atomic E-state index is 0. The van der Waals surface area contributed by atoms with Crippen molar-refractivity contribution in [2.75, 3.05) is 11.9 Å². The van der Waals surface area contributed by atoms with Crippen molar-refractivity contribution in [2.45, 2.75) is 19.4 Å². The van der Waals surface area contributed by atoms with Crippen LogP contribution in [-0.2, 0) is 4.79 Å². The number of ether oxygens (including phenoxy) is 1. The van der Waals surface area contributed by atoms with Crippen LogP contribution in [0.3, 0.4) is 0 Å². The van der Waals surface area contributed by atoms with Gasteiger partial charge in [-0.25, -0.2) is 0 Å². The highest BCUT2D eigenvalue weighted by molar-refractivity contribution is 5.95. The van der Waals surface area contributed by atoms with Gasteiger partial charge < -0.3 is 15.8 Å². The number of nitrogens with one attached hydrogen (secondary N) is 1. The first-order chi connectivity index (χ1) is 10.6. The zero-order valence-electron chi connectivity index (χ0n) is 13.2. The summed E-state index contributed by atoms with van der Waals surface area (Å²) in [7, 11) is 0. The van der Waals surface area contributed by atoms with Crippen molar-refractivity contribution in [3.63, 3.8) is 0 Å². The van der Waals surface area contributed by atoms with Gasteiger partial charge in [0.1, 0.15) is 12.4 Å². The van der Waals surface area contributed by atoms with E-state index in [1.807, 2.05) is 31.2 Å². The van der Waals surface area contributed by atoms with Crippen molar-refractivity contribution in [3.8, 4) is 5.75 Å². The maximum atomic E-state index is 12.6. The molecule has 0 unspecified atom stereocenters. The van der Waals surface area contributed by atoms with E-state index in [1.54, 1.807) is 0 Å². The minimum Gasteiger partial charge on any atom is -0.487 e. The predicted octanol–water partition coefficient (Wildman–Crippen LogP) is 3.15. The smallest absolute Gasteiger partial charge is 0.229 e. The molecular weight excluding hydrogens is 312 g/mol. The number of allylic oxidation sites excluding steroid dienone is 1. The van der Waals surface area contributed by atoms with Gasteiger partial charge in [-0.3, -0.25) is 4.79 Å². The highest BCUT2D eigenvalue weighted by Crippen LogP contribution is 2.43. The van der Waals surface area contributed by atoms with E-state index in [2.05, 4.69) is 24.0 Å². The van der Waals surface area contributed by atoms with Gasteiger partial charge in [-0.1, -0.05) is 30.9 Å². The Labute approximate surface area is 143 Å². The average molecular weight is 335 g/mol. The predicted molar refractivity (Wildman–Crippen MR) is 94.8 cm³/mol. The number of halogens is 1. The molecule has 1 aromatic rings. The number of hydrogen-bond donors (Lipinski definition) is 2. The van der Waals surface area contributed by atoms with Gasteiger partial charge in [0.2, 0.25) is 5.91 Å². The number of fused-ring (bicyclic) bond motifs is 2. The van der Waals surface area contributed by atoms with E-state index in [0.29, 0.717) is 24.0 Å². The molecule has 0 aromatic heterocycles.